The molecule has 0 unspecified atom stereocenters. The second-order valence-electron chi connectivity index (χ2n) is 7.57. The second kappa shape index (κ2) is 9.92. The molecule has 0 atom stereocenters. The number of nitrogens with one attached hydrogen (secondary N) is 1. The van der Waals surface area contributed by atoms with E-state index < -0.39 is 4.92 Å². The Balaban J connectivity index is 1.57. The van der Waals surface area contributed by atoms with E-state index in [1.165, 1.54) is 24.3 Å². The van der Waals surface area contributed by atoms with Crippen molar-refractivity contribution in [1.82, 2.24) is 4.90 Å². The lowest BCUT2D eigenvalue weighted by Gasteiger charge is -2.37. The van der Waals surface area contributed by atoms with Crippen LogP contribution in [0.15, 0.2) is 48.5 Å². The summed E-state index contributed by atoms with van der Waals surface area (Å²) in [4.78, 5) is 38.8. The minimum atomic E-state index is -0.494. The number of ether oxygens (including phenoxy) is 1. The molecule has 1 N–H and O–H groups in total. The van der Waals surface area contributed by atoms with Crippen molar-refractivity contribution in [2.24, 2.45) is 5.92 Å². The minimum Gasteiger partial charge on any atom is -0.484 e. The highest BCUT2D eigenvalue weighted by Crippen LogP contribution is 2.27. The molecule has 0 spiro atoms. The molecule has 1 aliphatic rings. The first kappa shape index (κ1) is 22.1. The third-order valence-corrected chi connectivity index (χ3v) is 5.02. The number of amides is 2. The van der Waals surface area contributed by atoms with Crippen molar-refractivity contribution in [2.45, 2.75) is 13.8 Å². The van der Waals surface area contributed by atoms with Crippen molar-refractivity contribution >= 4 is 28.9 Å². The fourth-order valence-corrected chi connectivity index (χ4v) is 3.39. The number of rotatable bonds is 7. The normalized spacial score (nSPS) is 13.8. The van der Waals surface area contributed by atoms with Crippen molar-refractivity contribution in [1.29, 1.82) is 0 Å². The molecule has 0 radical (unpaired) electrons. The molecule has 2 aromatic carbocycles. The summed E-state index contributed by atoms with van der Waals surface area (Å²) in [5, 5.41) is 13.6. The van der Waals surface area contributed by atoms with Crippen LogP contribution in [-0.2, 0) is 9.59 Å². The van der Waals surface area contributed by atoms with E-state index in [9.17, 15) is 19.7 Å². The van der Waals surface area contributed by atoms with Gasteiger partial charge in [0.15, 0.2) is 6.61 Å². The highest BCUT2D eigenvalue weighted by atomic mass is 16.6. The molecule has 2 amide bonds. The van der Waals surface area contributed by atoms with Crippen molar-refractivity contribution in [3.63, 3.8) is 0 Å². The van der Waals surface area contributed by atoms with Gasteiger partial charge in [0.25, 0.3) is 11.6 Å². The number of carbonyl (C=O) groups excluding carboxylic acids is 2. The molecule has 0 saturated carbocycles. The number of hydrogen-bond donors (Lipinski definition) is 1. The maximum atomic E-state index is 12.4. The van der Waals surface area contributed by atoms with Crippen LogP contribution in [0, 0.1) is 16.0 Å². The summed E-state index contributed by atoms with van der Waals surface area (Å²) in [7, 11) is 0. The smallest absolute Gasteiger partial charge is 0.269 e. The highest BCUT2D eigenvalue weighted by Gasteiger charge is 2.24. The quantitative estimate of drug-likeness (QED) is 0.539. The standard InChI is InChI=1S/C22H26N4O5/c1-16(2)22(28)25-13-11-24(12-14-25)20-6-4-3-5-19(20)23-21(27)15-31-18-9-7-17(8-10-18)26(29)30/h3-10,16H,11-15H2,1-2H3,(H,23,27). The maximum Gasteiger partial charge on any atom is 0.269 e. The summed E-state index contributed by atoms with van der Waals surface area (Å²) in [5.41, 5.74) is 1.52. The van der Waals surface area contributed by atoms with E-state index in [1.807, 2.05) is 43.0 Å². The Labute approximate surface area is 180 Å². The summed E-state index contributed by atoms with van der Waals surface area (Å²) < 4.78 is 5.43. The number of benzene rings is 2. The van der Waals surface area contributed by atoms with Crippen molar-refractivity contribution in [3.05, 3.63) is 58.6 Å². The Morgan fingerprint density at radius 2 is 1.71 bits per heavy atom. The van der Waals surface area contributed by atoms with Gasteiger partial charge >= 0.3 is 0 Å². The summed E-state index contributed by atoms with van der Waals surface area (Å²) in [5.74, 6) is 0.179. The number of piperazine rings is 1. The zero-order valence-corrected chi connectivity index (χ0v) is 17.6. The number of anilines is 2. The monoisotopic (exact) mass is 426 g/mol. The summed E-state index contributed by atoms with van der Waals surface area (Å²) >= 11 is 0. The van der Waals surface area contributed by atoms with Gasteiger partial charge in [-0.2, -0.15) is 0 Å². The van der Waals surface area contributed by atoms with E-state index in [1.54, 1.807) is 0 Å². The predicted octanol–water partition coefficient (Wildman–Crippen LogP) is 2.92. The molecule has 31 heavy (non-hydrogen) atoms. The van der Waals surface area contributed by atoms with Crippen LogP contribution >= 0.6 is 0 Å². The molecule has 1 aliphatic heterocycles. The Hall–Kier alpha value is -3.62. The van der Waals surface area contributed by atoms with E-state index in [-0.39, 0.29) is 30.0 Å². The fraction of sp³-hybridized carbons (Fsp3) is 0.364. The van der Waals surface area contributed by atoms with Crippen LogP contribution in [0.25, 0.3) is 0 Å². The molecule has 3 rings (SSSR count). The van der Waals surface area contributed by atoms with E-state index >= 15 is 0 Å². The first-order valence-corrected chi connectivity index (χ1v) is 10.1. The van der Waals surface area contributed by atoms with E-state index in [0.717, 1.165) is 5.69 Å². The SMILES string of the molecule is CC(C)C(=O)N1CCN(c2ccccc2NC(=O)COc2ccc([N+](=O)[O-])cc2)CC1. The third-order valence-electron chi connectivity index (χ3n) is 5.02. The van der Waals surface area contributed by atoms with Crippen LogP contribution < -0.4 is 15.0 Å². The third kappa shape index (κ3) is 5.71. The van der Waals surface area contributed by atoms with Gasteiger partial charge in [-0.05, 0) is 24.3 Å². The summed E-state index contributed by atoms with van der Waals surface area (Å²) in [6, 6.07) is 13.1. The molecule has 0 aromatic heterocycles. The average molecular weight is 426 g/mol. The molecule has 1 saturated heterocycles. The molecular weight excluding hydrogens is 400 g/mol. The van der Waals surface area contributed by atoms with Gasteiger partial charge in [0, 0.05) is 44.2 Å². The Kier molecular flexibility index (Phi) is 7.07. The van der Waals surface area contributed by atoms with E-state index in [4.69, 9.17) is 4.74 Å². The lowest BCUT2D eigenvalue weighted by atomic mass is 10.1. The Morgan fingerprint density at radius 3 is 2.32 bits per heavy atom. The number of carbonyl (C=O) groups is 2. The largest absolute Gasteiger partial charge is 0.484 e. The molecule has 1 fully saturated rings. The van der Waals surface area contributed by atoms with Gasteiger partial charge in [0.05, 0.1) is 16.3 Å². The van der Waals surface area contributed by atoms with Crippen molar-refractivity contribution in [2.75, 3.05) is 43.0 Å². The van der Waals surface area contributed by atoms with Crippen LogP contribution in [0.2, 0.25) is 0 Å². The molecular formula is C22H26N4O5. The van der Waals surface area contributed by atoms with Crippen LogP contribution in [0.1, 0.15) is 13.8 Å². The van der Waals surface area contributed by atoms with Gasteiger partial charge in [0.2, 0.25) is 5.91 Å². The second-order valence-corrected chi connectivity index (χ2v) is 7.57. The van der Waals surface area contributed by atoms with Gasteiger partial charge in [-0.15, -0.1) is 0 Å². The first-order valence-electron chi connectivity index (χ1n) is 10.1. The van der Waals surface area contributed by atoms with Crippen LogP contribution in [0.3, 0.4) is 0 Å². The van der Waals surface area contributed by atoms with Crippen molar-refractivity contribution in [3.8, 4) is 5.75 Å². The zero-order valence-electron chi connectivity index (χ0n) is 17.6. The average Bonchev–Trinajstić information content (AvgIpc) is 2.78. The summed E-state index contributed by atoms with van der Waals surface area (Å²) in [6.45, 7) is 6.24. The fourth-order valence-electron chi connectivity index (χ4n) is 3.39. The van der Waals surface area contributed by atoms with Gasteiger partial charge in [-0.3, -0.25) is 19.7 Å². The molecule has 164 valence electrons. The molecule has 9 heteroatoms. The van der Waals surface area contributed by atoms with Gasteiger partial charge < -0.3 is 19.9 Å². The Morgan fingerprint density at radius 1 is 1.06 bits per heavy atom. The predicted molar refractivity (Wildman–Crippen MR) is 117 cm³/mol. The number of nitro groups is 1. The summed E-state index contributed by atoms with van der Waals surface area (Å²) in [6.07, 6.45) is 0. The van der Waals surface area contributed by atoms with Crippen molar-refractivity contribution < 1.29 is 19.2 Å². The lowest BCUT2D eigenvalue weighted by Crippen LogP contribution is -2.50. The number of nitro benzene ring substituents is 1. The number of non-ortho nitro benzene ring substituents is 1. The van der Waals surface area contributed by atoms with Gasteiger partial charge in [-0.25, -0.2) is 0 Å². The number of para-hydroxylation sites is 2. The highest BCUT2D eigenvalue weighted by molar-refractivity contribution is 5.95. The maximum absolute atomic E-state index is 12.4. The zero-order chi connectivity index (χ0) is 22.4. The van der Waals surface area contributed by atoms with Crippen LogP contribution in [0.4, 0.5) is 17.1 Å². The molecule has 0 aliphatic carbocycles. The number of hydrogen-bond acceptors (Lipinski definition) is 6. The van der Waals surface area contributed by atoms with E-state index in [2.05, 4.69) is 10.2 Å². The van der Waals surface area contributed by atoms with Crippen LogP contribution in [0.5, 0.6) is 5.75 Å². The first-order chi connectivity index (χ1) is 14.8. The molecule has 2 aromatic rings. The minimum absolute atomic E-state index is 0.0196. The Bertz CT molecular complexity index is 937. The molecule has 0 bridgehead atoms. The topological polar surface area (TPSA) is 105 Å². The lowest BCUT2D eigenvalue weighted by molar-refractivity contribution is -0.384. The molecule has 9 nitrogen and oxygen atoms in total. The van der Waals surface area contributed by atoms with Gasteiger partial charge in [-0.1, -0.05) is 26.0 Å². The molecule has 1 heterocycles. The van der Waals surface area contributed by atoms with Crippen LogP contribution in [-0.4, -0.2) is 54.4 Å². The number of nitrogens with zero attached hydrogens (tertiary/aromatic N) is 3. The van der Waals surface area contributed by atoms with Gasteiger partial charge in [0.1, 0.15) is 5.75 Å². The van der Waals surface area contributed by atoms with E-state index in [0.29, 0.717) is 37.6 Å².